The molecule has 2 aliphatic rings. The second-order valence-electron chi connectivity index (χ2n) is 19.2. The summed E-state index contributed by atoms with van der Waals surface area (Å²) in [5.41, 5.74) is 18.6. The van der Waals surface area contributed by atoms with Gasteiger partial charge >= 0.3 is 0 Å². The van der Waals surface area contributed by atoms with Crippen molar-refractivity contribution in [2.45, 2.75) is 57.3 Å². The van der Waals surface area contributed by atoms with Gasteiger partial charge in [-0.3, -0.25) is 0 Å². The average molecular weight is 822 g/mol. The molecule has 0 N–H and O–H groups in total. The highest BCUT2D eigenvalue weighted by molar-refractivity contribution is 6.12. The minimum atomic E-state index is -0.222. The van der Waals surface area contributed by atoms with E-state index in [1.165, 1.54) is 105 Å². The highest BCUT2D eigenvalue weighted by Crippen LogP contribution is 2.59. The summed E-state index contributed by atoms with van der Waals surface area (Å²) in [6, 6.07) is 77.3. The summed E-state index contributed by atoms with van der Waals surface area (Å²) < 4.78 is 0. The topological polar surface area (TPSA) is 3.24 Å². The molecule has 0 fully saturated rings. The third-order valence-corrected chi connectivity index (χ3v) is 14.9. The van der Waals surface area contributed by atoms with Crippen molar-refractivity contribution < 1.29 is 0 Å². The lowest BCUT2D eigenvalue weighted by atomic mass is 9.79. The first kappa shape index (κ1) is 38.5. The van der Waals surface area contributed by atoms with Gasteiger partial charge in [-0.15, -0.1) is 0 Å². The van der Waals surface area contributed by atoms with Crippen LogP contribution < -0.4 is 4.90 Å². The largest absolute Gasteiger partial charge is 0.309 e. The summed E-state index contributed by atoms with van der Waals surface area (Å²) in [4.78, 5) is 2.49. The molecule has 0 bridgehead atoms. The second kappa shape index (κ2) is 14.7. The van der Waals surface area contributed by atoms with Crippen molar-refractivity contribution in [3.8, 4) is 22.3 Å². The van der Waals surface area contributed by atoms with Gasteiger partial charge in [0.25, 0.3) is 0 Å². The molecule has 1 nitrogen and oxygen atoms in total. The SMILES string of the molecule is CC1(C)c2cc(CCC(c3ccccc3)c3cccc4ccccc34)ccc2-c2cc3c(cc21)-c1c(cc(N(c2ccccc2)c2cccc4ccccc24)c2ccccc12)C3(C)C. The van der Waals surface area contributed by atoms with Crippen molar-refractivity contribution in [3.63, 3.8) is 0 Å². The van der Waals surface area contributed by atoms with Gasteiger partial charge in [0.15, 0.2) is 0 Å². The molecule has 0 saturated carbocycles. The maximum absolute atomic E-state index is 2.58. The van der Waals surface area contributed by atoms with Gasteiger partial charge in [0.2, 0.25) is 0 Å². The van der Waals surface area contributed by atoms with E-state index in [2.05, 4.69) is 239 Å². The second-order valence-corrected chi connectivity index (χ2v) is 19.2. The smallest absolute Gasteiger partial charge is 0.0543 e. The van der Waals surface area contributed by atoms with Gasteiger partial charge in [0.1, 0.15) is 0 Å². The number of aryl methyl sites for hydroxylation is 1. The van der Waals surface area contributed by atoms with Crippen molar-refractivity contribution in [2.75, 3.05) is 4.90 Å². The number of benzene rings is 10. The zero-order valence-electron chi connectivity index (χ0n) is 37.1. The van der Waals surface area contributed by atoms with Gasteiger partial charge in [-0.2, -0.15) is 0 Å². The molecule has 64 heavy (non-hydrogen) atoms. The minimum absolute atomic E-state index is 0.148. The lowest BCUT2D eigenvalue weighted by molar-refractivity contribution is 0.650. The molecule has 1 heteroatoms. The van der Waals surface area contributed by atoms with Crippen LogP contribution in [0, 0.1) is 0 Å². The molecule has 0 spiro atoms. The van der Waals surface area contributed by atoms with E-state index in [9.17, 15) is 0 Å². The molecule has 308 valence electrons. The van der Waals surface area contributed by atoms with E-state index in [-0.39, 0.29) is 10.8 Å². The van der Waals surface area contributed by atoms with Gasteiger partial charge in [0.05, 0.1) is 11.4 Å². The molecule has 0 radical (unpaired) electrons. The van der Waals surface area contributed by atoms with E-state index in [1.807, 2.05) is 0 Å². The predicted octanol–water partition coefficient (Wildman–Crippen LogP) is 17.0. The molecule has 0 aliphatic heterocycles. The van der Waals surface area contributed by atoms with Crippen LogP contribution in [0.25, 0.3) is 54.6 Å². The number of hydrogen-bond acceptors (Lipinski definition) is 1. The Balaban J connectivity index is 0.953. The summed E-state index contributed by atoms with van der Waals surface area (Å²) in [5.74, 6) is 0.304. The van der Waals surface area contributed by atoms with Crippen molar-refractivity contribution in [1.29, 1.82) is 0 Å². The first-order valence-corrected chi connectivity index (χ1v) is 23.0. The fraction of sp³-hybridized carbons (Fsp3) is 0.143. The third kappa shape index (κ3) is 5.91. The van der Waals surface area contributed by atoms with Crippen LogP contribution in [-0.4, -0.2) is 0 Å². The zero-order chi connectivity index (χ0) is 43.2. The van der Waals surface area contributed by atoms with Gasteiger partial charge in [0, 0.05) is 33.2 Å². The first-order valence-electron chi connectivity index (χ1n) is 23.0. The summed E-state index contributed by atoms with van der Waals surface area (Å²) in [6.07, 6.45) is 2.05. The zero-order valence-corrected chi connectivity index (χ0v) is 37.1. The molecule has 0 heterocycles. The van der Waals surface area contributed by atoms with Crippen LogP contribution in [0.3, 0.4) is 0 Å². The first-order chi connectivity index (χ1) is 31.3. The van der Waals surface area contributed by atoms with Crippen LogP contribution in [0.2, 0.25) is 0 Å². The van der Waals surface area contributed by atoms with Crippen LogP contribution >= 0.6 is 0 Å². The number of fused-ring (bicyclic) bond motifs is 10. The Morgan fingerprint density at radius 3 is 1.73 bits per heavy atom. The van der Waals surface area contributed by atoms with Gasteiger partial charge in [-0.1, -0.05) is 198 Å². The molecule has 2 aliphatic carbocycles. The van der Waals surface area contributed by atoms with Crippen LogP contribution in [0.15, 0.2) is 206 Å². The molecule has 0 saturated heterocycles. The van der Waals surface area contributed by atoms with Crippen molar-refractivity contribution >= 4 is 49.4 Å². The Bertz CT molecular complexity index is 3440. The Labute approximate surface area is 377 Å². The molecule has 0 amide bonds. The van der Waals surface area contributed by atoms with Gasteiger partial charge in [-0.25, -0.2) is 0 Å². The standard InChI is InChI=1S/C63H51N/c1-62(2)55-37-41(33-35-47(42-19-7-5-8-20-42)49-31-17-23-43-21-11-13-27-46(43)49)34-36-50(55)53-38-57-54(39-56(53)62)61-52-30-16-15-29-51(52)60(40-58(61)63(57,3)4)64(45-25-9-6-10-26-45)59-32-18-24-44-22-12-14-28-48(44)59/h5-32,34,36-40,47H,33,35H2,1-4H3. The number of para-hydroxylation sites is 1. The predicted molar refractivity (Wildman–Crippen MR) is 272 cm³/mol. The highest BCUT2D eigenvalue weighted by atomic mass is 15.1. The molecular weight excluding hydrogens is 771 g/mol. The molecule has 10 aromatic rings. The fourth-order valence-corrected chi connectivity index (χ4v) is 11.6. The highest BCUT2D eigenvalue weighted by Gasteiger charge is 2.43. The normalized spacial score (nSPS) is 14.6. The maximum atomic E-state index is 2.58. The van der Waals surface area contributed by atoms with Crippen molar-refractivity contribution in [1.82, 2.24) is 0 Å². The van der Waals surface area contributed by atoms with Gasteiger partial charge < -0.3 is 4.90 Å². The molecule has 0 aromatic heterocycles. The molecule has 12 rings (SSSR count). The number of hydrogen-bond donors (Lipinski definition) is 0. The lowest BCUT2D eigenvalue weighted by Gasteiger charge is -2.30. The quantitative estimate of drug-likeness (QED) is 0.148. The summed E-state index contributed by atoms with van der Waals surface area (Å²) in [7, 11) is 0. The van der Waals surface area contributed by atoms with E-state index in [0.29, 0.717) is 5.92 Å². The van der Waals surface area contributed by atoms with Crippen LogP contribution in [0.5, 0.6) is 0 Å². The Morgan fingerprint density at radius 1 is 0.406 bits per heavy atom. The molecule has 1 unspecified atom stereocenters. The third-order valence-electron chi connectivity index (χ3n) is 14.9. The number of rotatable bonds is 8. The Kier molecular flexibility index (Phi) is 8.82. The lowest BCUT2D eigenvalue weighted by Crippen LogP contribution is -2.18. The molecule has 1 atom stereocenters. The maximum Gasteiger partial charge on any atom is 0.0543 e. The fourth-order valence-electron chi connectivity index (χ4n) is 11.6. The van der Waals surface area contributed by atoms with Crippen LogP contribution in [0.4, 0.5) is 17.1 Å². The summed E-state index contributed by atoms with van der Waals surface area (Å²) in [6.45, 7) is 9.77. The Morgan fingerprint density at radius 2 is 0.969 bits per heavy atom. The van der Waals surface area contributed by atoms with E-state index in [4.69, 9.17) is 0 Å². The minimum Gasteiger partial charge on any atom is -0.309 e. The average Bonchev–Trinajstić information content (AvgIpc) is 3.70. The van der Waals surface area contributed by atoms with E-state index in [1.54, 1.807) is 0 Å². The van der Waals surface area contributed by atoms with E-state index >= 15 is 0 Å². The number of nitrogens with zero attached hydrogens (tertiary/aromatic N) is 1. The molecular formula is C63H51N. The van der Waals surface area contributed by atoms with Crippen molar-refractivity contribution in [3.05, 3.63) is 245 Å². The Hall–Kier alpha value is -7.22. The van der Waals surface area contributed by atoms with Crippen molar-refractivity contribution in [2.24, 2.45) is 0 Å². The number of anilines is 3. The van der Waals surface area contributed by atoms with Gasteiger partial charge in [-0.05, 0) is 132 Å². The summed E-state index contributed by atoms with van der Waals surface area (Å²) in [5, 5.41) is 7.69. The summed E-state index contributed by atoms with van der Waals surface area (Å²) >= 11 is 0. The molecule has 10 aromatic carbocycles. The monoisotopic (exact) mass is 821 g/mol. The van der Waals surface area contributed by atoms with Crippen LogP contribution in [-0.2, 0) is 17.3 Å². The van der Waals surface area contributed by atoms with E-state index < -0.39 is 0 Å². The van der Waals surface area contributed by atoms with Crippen LogP contribution in [0.1, 0.15) is 79.0 Å². The van der Waals surface area contributed by atoms with E-state index in [0.717, 1.165) is 18.5 Å².